The highest BCUT2D eigenvalue weighted by Crippen LogP contribution is 2.41. The van der Waals surface area contributed by atoms with Crippen LogP contribution in [0.15, 0.2) is 42.1 Å². The molecule has 0 radical (unpaired) electrons. The average Bonchev–Trinajstić information content (AvgIpc) is 2.91. The first-order valence-electron chi connectivity index (χ1n) is 8.47. The lowest BCUT2D eigenvalue weighted by molar-refractivity contribution is -0.303. The van der Waals surface area contributed by atoms with Gasteiger partial charge in [0.05, 0.1) is 0 Å². The fourth-order valence-corrected chi connectivity index (χ4v) is 2.71. The topological polar surface area (TPSA) is 81.7 Å². The van der Waals surface area contributed by atoms with Crippen LogP contribution in [0.5, 0.6) is 0 Å². The molecule has 2 rings (SSSR count). The van der Waals surface area contributed by atoms with Gasteiger partial charge in [-0.3, -0.25) is 15.0 Å². The second-order valence-electron chi connectivity index (χ2n) is 6.67. The molecule has 1 aliphatic rings. The predicted octanol–water partition coefficient (Wildman–Crippen LogP) is 1.87. The first-order valence-corrected chi connectivity index (χ1v) is 8.47. The number of nitrogens with one attached hydrogen (secondary N) is 2. The normalized spacial score (nSPS) is 21.4. The molecule has 0 bridgehead atoms. The number of carbonyl (C=O) groups is 2. The average molecular weight is 385 g/mol. The van der Waals surface area contributed by atoms with Crippen molar-refractivity contribution < 1.29 is 27.9 Å². The van der Waals surface area contributed by atoms with Crippen LogP contribution in [0.3, 0.4) is 0 Å². The number of alkyl halides is 3. The number of hydrazine groups is 1. The van der Waals surface area contributed by atoms with Crippen molar-refractivity contribution in [1.29, 1.82) is 0 Å². The molecule has 1 aromatic rings. The Kier molecular flexibility index (Phi) is 6.15. The third-order valence-corrected chi connectivity index (χ3v) is 3.99. The number of allylic oxidation sites excluding steroid dienone is 1. The lowest BCUT2D eigenvalue weighted by atomic mass is 10.1. The maximum Gasteiger partial charge on any atom is 0.438 e. The van der Waals surface area contributed by atoms with E-state index >= 15 is 0 Å². The summed E-state index contributed by atoms with van der Waals surface area (Å²) in [6.45, 7) is 3.55. The Balaban J connectivity index is 2.08. The first kappa shape index (κ1) is 20.8. The van der Waals surface area contributed by atoms with Crippen molar-refractivity contribution in [2.24, 2.45) is 5.92 Å². The van der Waals surface area contributed by atoms with Gasteiger partial charge in [0.1, 0.15) is 0 Å². The summed E-state index contributed by atoms with van der Waals surface area (Å²) in [6, 6.07) is 9.08. The van der Waals surface area contributed by atoms with Gasteiger partial charge >= 0.3 is 18.0 Å². The molecule has 0 aromatic heterocycles. The Morgan fingerprint density at radius 1 is 1.33 bits per heavy atom. The zero-order valence-corrected chi connectivity index (χ0v) is 15.0. The van der Waals surface area contributed by atoms with Crippen molar-refractivity contribution in [3.05, 3.63) is 47.7 Å². The summed E-state index contributed by atoms with van der Waals surface area (Å²) in [5.41, 5.74) is -0.337. The highest BCUT2D eigenvalue weighted by atomic mass is 19.4. The van der Waals surface area contributed by atoms with Crippen LogP contribution in [0.2, 0.25) is 0 Å². The van der Waals surface area contributed by atoms with E-state index in [1.54, 1.807) is 13.8 Å². The lowest BCUT2D eigenvalue weighted by Gasteiger charge is -2.32. The first-order chi connectivity index (χ1) is 12.5. The molecule has 1 atom stereocenters. The number of benzene rings is 1. The van der Waals surface area contributed by atoms with Gasteiger partial charge in [-0.25, -0.2) is 5.01 Å². The zero-order valence-electron chi connectivity index (χ0n) is 15.0. The Labute approximate surface area is 155 Å². The molecular weight excluding hydrogens is 363 g/mol. The van der Waals surface area contributed by atoms with Crippen LogP contribution in [0.4, 0.5) is 13.2 Å². The minimum atomic E-state index is -5.13. The molecular formula is C18H22F3N3O3. The molecule has 3 N–H and O–H groups in total. The Hall–Kier alpha value is -2.55. The van der Waals surface area contributed by atoms with Crippen LogP contribution in [-0.4, -0.2) is 40.4 Å². The Bertz CT molecular complexity index is 720. The summed E-state index contributed by atoms with van der Waals surface area (Å²) in [6.07, 6.45) is -4.13. The Morgan fingerprint density at radius 3 is 2.52 bits per heavy atom. The van der Waals surface area contributed by atoms with Crippen LogP contribution in [0, 0.1) is 5.92 Å². The van der Waals surface area contributed by atoms with Crippen LogP contribution < -0.4 is 10.7 Å². The number of nitrogens with zero attached hydrogens (tertiary/aromatic N) is 1. The smallest absolute Gasteiger partial charge is 0.362 e. The van der Waals surface area contributed by atoms with Gasteiger partial charge in [0.2, 0.25) is 0 Å². The fraction of sp³-hybridized carbons (Fsp3) is 0.444. The van der Waals surface area contributed by atoms with Gasteiger partial charge in [0.15, 0.2) is 0 Å². The lowest BCUT2D eigenvalue weighted by Crippen LogP contribution is -2.62. The summed E-state index contributed by atoms with van der Waals surface area (Å²) < 4.78 is 40.1. The van der Waals surface area contributed by atoms with E-state index < -0.39 is 30.1 Å². The maximum atomic E-state index is 13.4. The summed E-state index contributed by atoms with van der Waals surface area (Å²) in [7, 11) is 0. The molecule has 6 nitrogen and oxygen atoms in total. The van der Waals surface area contributed by atoms with Gasteiger partial charge in [-0.15, -0.1) is 0 Å². The monoisotopic (exact) mass is 385 g/mol. The fourth-order valence-electron chi connectivity index (χ4n) is 2.71. The number of halogens is 3. The van der Waals surface area contributed by atoms with Crippen molar-refractivity contribution in [3.8, 4) is 0 Å². The summed E-state index contributed by atoms with van der Waals surface area (Å²) >= 11 is 0. The van der Waals surface area contributed by atoms with E-state index in [0.717, 1.165) is 5.56 Å². The van der Waals surface area contributed by atoms with Gasteiger partial charge < -0.3 is 10.4 Å². The molecule has 148 valence electrons. The number of hydrogen-bond acceptors (Lipinski definition) is 4. The van der Waals surface area contributed by atoms with Gasteiger partial charge in [-0.05, 0) is 17.9 Å². The summed E-state index contributed by atoms with van der Waals surface area (Å²) in [5, 5.41) is 12.3. The van der Waals surface area contributed by atoms with Crippen molar-refractivity contribution in [1.82, 2.24) is 15.8 Å². The highest BCUT2D eigenvalue weighted by molar-refractivity contribution is 6.35. The number of hydrogen-bond donors (Lipinski definition) is 3. The zero-order chi connectivity index (χ0) is 20.2. The molecule has 1 saturated heterocycles. The molecule has 0 spiro atoms. The Morgan fingerprint density at radius 2 is 1.96 bits per heavy atom. The third-order valence-electron chi connectivity index (χ3n) is 3.99. The SMILES string of the molecule is CC(C)C=C1CC(O)(C(F)(F)F)N(C(=O)C(=O)NCCc2ccccc2)N1. The van der Waals surface area contributed by atoms with E-state index in [0.29, 0.717) is 6.42 Å². The largest absolute Gasteiger partial charge is 0.438 e. The molecule has 27 heavy (non-hydrogen) atoms. The third kappa shape index (κ3) is 4.79. The highest BCUT2D eigenvalue weighted by Gasteiger charge is 2.64. The van der Waals surface area contributed by atoms with Gasteiger partial charge in [-0.2, -0.15) is 13.2 Å². The number of rotatable bonds is 4. The van der Waals surface area contributed by atoms with Crippen LogP contribution in [-0.2, 0) is 16.0 Å². The molecule has 1 aromatic carbocycles. The van der Waals surface area contributed by atoms with Crippen molar-refractivity contribution >= 4 is 11.8 Å². The van der Waals surface area contributed by atoms with E-state index in [1.807, 2.05) is 30.3 Å². The molecule has 0 saturated carbocycles. The van der Waals surface area contributed by atoms with E-state index in [1.165, 1.54) is 6.08 Å². The second-order valence-corrected chi connectivity index (χ2v) is 6.67. The molecule has 1 fully saturated rings. The van der Waals surface area contributed by atoms with Gasteiger partial charge in [-0.1, -0.05) is 50.3 Å². The maximum absolute atomic E-state index is 13.4. The number of amides is 2. The van der Waals surface area contributed by atoms with Gasteiger partial charge in [0.25, 0.3) is 5.72 Å². The quantitative estimate of drug-likeness (QED) is 0.692. The predicted molar refractivity (Wildman–Crippen MR) is 91.7 cm³/mol. The summed E-state index contributed by atoms with van der Waals surface area (Å²) in [5.74, 6) is -2.85. The minimum Gasteiger partial charge on any atom is -0.362 e. The standard InChI is InChI=1S/C18H22F3N3O3/c1-12(2)10-14-11-17(27,18(19,20)21)24(23-14)16(26)15(25)22-9-8-13-6-4-3-5-7-13/h3-7,10,12,23,27H,8-9,11H2,1-2H3,(H,22,25). The molecule has 9 heteroatoms. The van der Waals surface area contributed by atoms with Crippen molar-refractivity contribution in [2.75, 3.05) is 6.54 Å². The van der Waals surface area contributed by atoms with Crippen LogP contribution >= 0.6 is 0 Å². The summed E-state index contributed by atoms with van der Waals surface area (Å²) in [4.78, 5) is 24.3. The van der Waals surface area contributed by atoms with Crippen molar-refractivity contribution in [2.45, 2.75) is 38.6 Å². The van der Waals surface area contributed by atoms with Crippen molar-refractivity contribution in [3.63, 3.8) is 0 Å². The van der Waals surface area contributed by atoms with E-state index in [-0.39, 0.29) is 23.2 Å². The van der Waals surface area contributed by atoms with E-state index in [9.17, 15) is 27.9 Å². The van der Waals surface area contributed by atoms with E-state index in [2.05, 4.69) is 10.7 Å². The molecule has 1 heterocycles. The number of aliphatic hydroxyl groups is 1. The molecule has 0 aliphatic carbocycles. The minimum absolute atomic E-state index is 0.0234. The molecule has 1 unspecified atom stereocenters. The molecule has 2 amide bonds. The number of carbonyl (C=O) groups excluding carboxylic acids is 2. The second kappa shape index (κ2) is 7.99. The van der Waals surface area contributed by atoms with Crippen LogP contribution in [0.1, 0.15) is 25.8 Å². The molecule has 1 aliphatic heterocycles. The van der Waals surface area contributed by atoms with Crippen LogP contribution in [0.25, 0.3) is 0 Å². The van der Waals surface area contributed by atoms with E-state index in [4.69, 9.17) is 0 Å². The van der Waals surface area contributed by atoms with Gasteiger partial charge in [0, 0.05) is 18.7 Å².